The second-order valence-corrected chi connectivity index (χ2v) is 10.1. The molecule has 8 nitrogen and oxygen atoms in total. The van der Waals surface area contributed by atoms with E-state index in [4.69, 9.17) is 18.9 Å². The van der Waals surface area contributed by atoms with E-state index in [2.05, 4.69) is 10.6 Å². The number of anilines is 1. The van der Waals surface area contributed by atoms with Crippen LogP contribution in [-0.2, 0) is 9.59 Å². The van der Waals surface area contributed by atoms with Gasteiger partial charge in [0.25, 0.3) is 5.91 Å². The normalized spacial score (nSPS) is 18.3. The van der Waals surface area contributed by atoms with Gasteiger partial charge in [-0.15, -0.1) is 0 Å². The number of methoxy groups -OCH3 is 4. The Balaban J connectivity index is 1.55. The van der Waals surface area contributed by atoms with Crippen LogP contribution in [0.15, 0.2) is 89.3 Å². The molecule has 0 saturated carbocycles. The lowest BCUT2D eigenvalue weighted by Crippen LogP contribution is -2.37. The first-order valence-corrected chi connectivity index (χ1v) is 13.4. The zero-order valence-corrected chi connectivity index (χ0v) is 23.9. The summed E-state index contributed by atoms with van der Waals surface area (Å²) < 4.78 is 21.9. The topological polar surface area (TPSA) is 95.1 Å². The van der Waals surface area contributed by atoms with Crippen molar-refractivity contribution in [2.75, 3.05) is 33.8 Å². The van der Waals surface area contributed by atoms with E-state index in [1.807, 2.05) is 49.4 Å². The zero-order chi connectivity index (χ0) is 29.1. The summed E-state index contributed by atoms with van der Waals surface area (Å²) in [6, 6.07) is 20.4. The van der Waals surface area contributed by atoms with Crippen molar-refractivity contribution in [1.82, 2.24) is 5.32 Å². The maximum absolute atomic E-state index is 14.0. The summed E-state index contributed by atoms with van der Waals surface area (Å²) >= 11 is 0. The molecule has 2 atom stereocenters. The number of carbonyl (C=O) groups is 2. The van der Waals surface area contributed by atoms with Gasteiger partial charge in [0, 0.05) is 40.2 Å². The fraction of sp³-hybridized carbons (Fsp3) is 0.273. The number of dihydropyridines is 1. The second-order valence-electron chi connectivity index (χ2n) is 10.1. The lowest BCUT2D eigenvalue weighted by Gasteiger charge is -2.37. The quantitative estimate of drug-likeness (QED) is 0.368. The molecular formula is C33H34N2O6. The monoisotopic (exact) mass is 554 g/mol. The van der Waals surface area contributed by atoms with Crippen LogP contribution in [-0.4, -0.2) is 40.1 Å². The van der Waals surface area contributed by atoms with Gasteiger partial charge in [-0.25, -0.2) is 0 Å². The van der Waals surface area contributed by atoms with Gasteiger partial charge in [-0.1, -0.05) is 24.3 Å². The van der Waals surface area contributed by atoms with Gasteiger partial charge in [-0.2, -0.15) is 0 Å². The van der Waals surface area contributed by atoms with Crippen molar-refractivity contribution in [3.05, 3.63) is 100 Å². The number of ether oxygens (including phenoxy) is 4. The molecule has 1 aliphatic heterocycles. The maximum Gasteiger partial charge on any atom is 0.254 e. The number of para-hydroxylation sites is 1. The lowest BCUT2D eigenvalue weighted by atomic mass is 9.71. The van der Waals surface area contributed by atoms with Crippen LogP contribution in [0.3, 0.4) is 0 Å². The molecule has 2 aliphatic rings. The summed E-state index contributed by atoms with van der Waals surface area (Å²) in [7, 11) is 6.38. The fourth-order valence-corrected chi connectivity index (χ4v) is 5.77. The number of carbonyl (C=O) groups excluding carboxylic acids is 2. The molecule has 1 amide bonds. The number of nitrogens with one attached hydrogen (secondary N) is 2. The Morgan fingerprint density at radius 2 is 1.54 bits per heavy atom. The van der Waals surface area contributed by atoms with Gasteiger partial charge in [0.15, 0.2) is 17.3 Å². The SMILES string of the molecule is COc1ccc(NC(=O)C2=C(C)NC3=C(C(=O)CC(c4ccc(OC)c(OC)c4)C3)C2c2ccccc2OC)cc1. The first-order valence-electron chi connectivity index (χ1n) is 13.4. The molecular weight excluding hydrogens is 520 g/mol. The van der Waals surface area contributed by atoms with Crippen LogP contribution >= 0.6 is 0 Å². The van der Waals surface area contributed by atoms with Crippen molar-refractivity contribution in [3.63, 3.8) is 0 Å². The van der Waals surface area contributed by atoms with Crippen molar-refractivity contribution in [3.8, 4) is 23.0 Å². The Labute approximate surface area is 240 Å². The highest BCUT2D eigenvalue weighted by atomic mass is 16.5. The van der Waals surface area contributed by atoms with Crippen LogP contribution in [0.5, 0.6) is 23.0 Å². The van der Waals surface area contributed by atoms with Crippen molar-refractivity contribution >= 4 is 17.4 Å². The van der Waals surface area contributed by atoms with Gasteiger partial charge in [-0.05, 0) is 67.3 Å². The van der Waals surface area contributed by atoms with E-state index in [0.29, 0.717) is 58.4 Å². The van der Waals surface area contributed by atoms with Gasteiger partial charge >= 0.3 is 0 Å². The number of ketones is 1. The van der Waals surface area contributed by atoms with E-state index in [1.165, 1.54) is 0 Å². The van der Waals surface area contributed by atoms with Crippen molar-refractivity contribution in [2.24, 2.45) is 0 Å². The predicted molar refractivity (Wildman–Crippen MR) is 157 cm³/mol. The highest BCUT2D eigenvalue weighted by molar-refractivity contribution is 6.10. The van der Waals surface area contributed by atoms with Crippen LogP contribution in [0.2, 0.25) is 0 Å². The Morgan fingerprint density at radius 1 is 0.829 bits per heavy atom. The maximum atomic E-state index is 14.0. The third kappa shape index (κ3) is 5.37. The number of hydrogen-bond acceptors (Lipinski definition) is 7. The number of benzene rings is 3. The van der Waals surface area contributed by atoms with Crippen LogP contribution in [0.25, 0.3) is 0 Å². The van der Waals surface area contributed by atoms with E-state index in [1.54, 1.807) is 52.7 Å². The molecule has 3 aromatic rings. The number of rotatable bonds is 8. The summed E-state index contributed by atoms with van der Waals surface area (Å²) in [5.74, 6) is 1.59. The molecule has 41 heavy (non-hydrogen) atoms. The van der Waals surface area contributed by atoms with Crippen molar-refractivity contribution in [1.29, 1.82) is 0 Å². The average molecular weight is 555 g/mol. The number of Topliss-reactive ketones (excluding diaryl/α,β-unsaturated/α-hetero) is 1. The van der Waals surface area contributed by atoms with Crippen LogP contribution in [0, 0.1) is 0 Å². The van der Waals surface area contributed by atoms with Gasteiger partial charge in [0.05, 0.1) is 34.4 Å². The molecule has 0 spiro atoms. The Hall–Kier alpha value is -4.72. The minimum atomic E-state index is -0.598. The number of amides is 1. The van der Waals surface area contributed by atoms with E-state index in [0.717, 1.165) is 16.8 Å². The molecule has 8 heteroatoms. The minimum Gasteiger partial charge on any atom is -0.497 e. The molecule has 0 aromatic heterocycles. The summed E-state index contributed by atoms with van der Waals surface area (Å²) in [5, 5.41) is 6.44. The molecule has 2 N–H and O–H groups in total. The van der Waals surface area contributed by atoms with Gasteiger partial charge in [0.2, 0.25) is 0 Å². The number of allylic oxidation sites excluding steroid dienone is 3. The molecule has 0 bridgehead atoms. The summed E-state index contributed by atoms with van der Waals surface area (Å²) in [6.07, 6.45) is 0.904. The highest BCUT2D eigenvalue weighted by Gasteiger charge is 2.42. The fourth-order valence-electron chi connectivity index (χ4n) is 5.77. The first kappa shape index (κ1) is 27.8. The minimum absolute atomic E-state index is 0.0170. The Bertz CT molecular complexity index is 1540. The van der Waals surface area contributed by atoms with Gasteiger partial charge in [-0.3, -0.25) is 9.59 Å². The molecule has 2 unspecified atom stereocenters. The molecule has 5 rings (SSSR count). The Morgan fingerprint density at radius 3 is 2.22 bits per heavy atom. The Kier molecular flexibility index (Phi) is 8.01. The molecule has 0 fully saturated rings. The van der Waals surface area contributed by atoms with Gasteiger partial charge < -0.3 is 29.6 Å². The van der Waals surface area contributed by atoms with E-state index in [-0.39, 0.29) is 17.6 Å². The molecule has 1 aliphatic carbocycles. The average Bonchev–Trinajstić information content (AvgIpc) is 3.00. The van der Waals surface area contributed by atoms with Gasteiger partial charge in [0.1, 0.15) is 11.5 Å². The van der Waals surface area contributed by atoms with E-state index in [9.17, 15) is 9.59 Å². The number of hydrogen-bond donors (Lipinski definition) is 2. The summed E-state index contributed by atoms with van der Waals surface area (Å²) in [4.78, 5) is 27.9. The predicted octanol–water partition coefficient (Wildman–Crippen LogP) is 5.72. The smallest absolute Gasteiger partial charge is 0.254 e. The zero-order valence-electron chi connectivity index (χ0n) is 23.9. The standard InChI is InChI=1S/C33H34N2O6/c1-19-30(33(37)35-22-11-13-23(38-2)14-12-22)31(24-8-6-7-9-27(24)39-3)32-25(34-19)16-21(17-26(32)36)20-10-15-28(40-4)29(18-20)41-5/h6-15,18,21,31,34H,16-17H2,1-5H3,(H,35,37). The molecule has 212 valence electrons. The molecule has 3 aromatic carbocycles. The largest absolute Gasteiger partial charge is 0.497 e. The third-order valence-corrected chi connectivity index (χ3v) is 7.75. The molecule has 0 saturated heterocycles. The lowest BCUT2D eigenvalue weighted by molar-refractivity contribution is -0.116. The van der Waals surface area contributed by atoms with E-state index >= 15 is 0 Å². The second kappa shape index (κ2) is 11.8. The van der Waals surface area contributed by atoms with Crippen molar-refractivity contribution in [2.45, 2.75) is 31.6 Å². The first-order chi connectivity index (χ1) is 19.9. The van der Waals surface area contributed by atoms with Crippen LogP contribution in [0.1, 0.15) is 42.7 Å². The van der Waals surface area contributed by atoms with Crippen LogP contribution in [0.4, 0.5) is 5.69 Å². The summed E-state index contributed by atoms with van der Waals surface area (Å²) in [5.41, 5.74) is 4.95. The van der Waals surface area contributed by atoms with Crippen molar-refractivity contribution < 1.29 is 28.5 Å². The summed E-state index contributed by atoms with van der Waals surface area (Å²) in [6.45, 7) is 1.87. The molecule has 1 heterocycles. The molecule has 0 radical (unpaired) electrons. The van der Waals surface area contributed by atoms with E-state index < -0.39 is 5.92 Å². The third-order valence-electron chi connectivity index (χ3n) is 7.75. The van der Waals surface area contributed by atoms with Crippen LogP contribution < -0.4 is 29.6 Å². The highest BCUT2D eigenvalue weighted by Crippen LogP contribution is 2.48.